The van der Waals surface area contributed by atoms with Crippen LogP contribution in [0.15, 0.2) is 164 Å². The van der Waals surface area contributed by atoms with Gasteiger partial charge in [0.1, 0.15) is 0 Å². The SMILES string of the molecule is Cc1ccc(C#Cc2ccc(-c3c(CNS(=O)(=O)N4CCC(O)CC4)c(C(=O)NN4CCCCC4)nn3-c3ccc(Cl)cc3Cl)s2)cc1.Cc1ccc(C#Cc2ccc(-c3c(CNS(=O)(=O)N4CC[C@@H](C)C4)c(C(=O)NN4CCCCC4)nn3-c3ccc(Cl)cc3Cl)s2)cc1.Cc1ccc(C#Cc2ccc(-c3c(CNS(=O)(=O)N4CC[C@H](C)C4)c(C(=O)NN4CCCCC4)nn3-c3ccc(Cl)cc3Cl)s2)cc1. The van der Waals surface area contributed by atoms with Gasteiger partial charge in [0, 0.05) is 147 Å². The molecule has 6 saturated heterocycles. The van der Waals surface area contributed by atoms with Crippen molar-refractivity contribution >= 4 is 152 Å². The molecule has 2 atom stereocenters. The number of hydrogen-bond donors (Lipinski definition) is 7. The Balaban J connectivity index is 0.000000153. The zero-order chi connectivity index (χ0) is 100. The first-order chi connectivity index (χ1) is 68.2. The van der Waals surface area contributed by atoms with Gasteiger partial charge >= 0.3 is 0 Å². The van der Waals surface area contributed by atoms with E-state index in [9.17, 15) is 44.7 Å². The van der Waals surface area contributed by atoms with Gasteiger partial charge in [-0.15, -0.1) is 34.0 Å². The molecule has 7 N–H and O–H groups in total. The number of carbonyl (C=O) groups excluding carboxylic acids is 3. The summed E-state index contributed by atoms with van der Waals surface area (Å²) in [6.07, 6.45) is 10.9. The number of nitrogens with zero attached hydrogens (tertiary/aromatic N) is 12. The number of thiophene rings is 3. The smallest absolute Gasteiger partial charge is 0.286 e. The summed E-state index contributed by atoms with van der Waals surface area (Å²) in [6.45, 7) is 16.1. The van der Waals surface area contributed by atoms with Gasteiger partial charge in [-0.3, -0.25) is 30.7 Å². The van der Waals surface area contributed by atoms with E-state index in [0.29, 0.717) is 138 Å². The maximum atomic E-state index is 13.9. The molecule has 0 radical (unpaired) electrons. The van der Waals surface area contributed by atoms with Gasteiger partial charge in [-0.1, -0.05) is 191 Å². The van der Waals surface area contributed by atoms with Crippen molar-refractivity contribution in [3.05, 3.63) is 276 Å². The van der Waals surface area contributed by atoms with E-state index < -0.39 is 54.5 Å². The summed E-state index contributed by atoms with van der Waals surface area (Å²) in [6, 6.07) is 50.4. The molecule has 12 heterocycles. The maximum absolute atomic E-state index is 13.9. The summed E-state index contributed by atoms with van der Waals surface area (Å²) in [4.78, 5) is 46.4. The molecule has 3 amide bonds. The summed E-state index contributed by atoms with van der Waals surface area (Å²) < 4.78 is 97.9. The normalized spacial score (nSPS) is 17.1. The van der Waals surface area contributed by atoms with Crippen molar-refractivity contribution < 1.29 is 44.7 Å². The van der Waals surface area contributed by atoms with Crippen LogP contribution in [0.1, 0.15) is 193 Å². The van der Waals surface area contributed by atoms with E-state index in [-0.39, 0.29) is 61.6 Å². The Labute approximate surface area is 871 Å². The summed E-state index contributed by atoms with van der Waals surface area (Å²) in [5.74, 6) is 18.6. The lowest BCUT2D eigenvalue weighted by Gasteiger charge is -2.28. The summed E-state index contributed by atoms with van der Waals surface area (Å²) in [5.41, 5.74) is 19.7. The van der Waals surface area contributed by atoms with Gasteiger partial charge in [0.25, 0.3) is 48.3 Å². The van der Waals surface area contributed by atoms with E-state index in [4.69, 9.17) is 84.9 Å². The molecule has 0 spiro atoms. The number of benzene rings is 6. The molecule has 744 valence electrons. The first kappa shape index (κ1) is 105. The van der Waals surface area contributed by atoms with Crippen LogP contribution in [-0.2, 0) is 50.3 Å². The van der Waals surface area contributed by atoms with E-state index in [1.165, 1.54) is 46.9 Å². The van der Waals surface area contributed by atoms with Crippen LogP contribution in [-0.4, -0.2) is 190 Å². The van der Waals surface area contributed by atoms with E-state index in [0.717, 1.165) is 155 Å². The van der Waals surface area contributed by atoms with Crippen molar-refractivity contribution in [1.82, 2.24) is 87.7 Å². The number of halogens is 6. The van der Waals surface area contributed by atoms with Crippen LogP contribution in [0, 0.1) is 68.1 Å². The molecule has 0 saturated carbocycles. The fraction of sp³-hybridized carbons (Fsp3) is 0.353. The topological polar surface area (TPSA) is 319 Å². The fourth-order valence-electron chi connectivity index (χ4n) is 17.2. The molecule has 6 aromatic carbocycles. The number of aromatic nitrogens is 6. The standard InChI is InChI=1S/C34H36Cl2N6O4S2.2C34H36Cl2N6O3S2/c1-23-5-7-24(8-6-23)9-11-27-12-14-31(47-27)33-28(22-37-48(45,46)41-19-15-26(43)16-20-41)32(34(44)39-40-17-3-2-4-18-40)38-42(33)30-13-10-25(35)21-29(30)36;2*1-23-6-8-25(9-7-23)10-12-27-13-15-31(46-27)33-28(21-37-47(44,45)41-19-16-24(2)22-41)32(34(43)39-40-17-4-3-5-18-40)38-42(33)30-14-11-26(35)20-29(30)36/h5-8,10,12-14,21,26,37,43H,2-4,15-20,22H2,1H3,(H,39,44);2*6-9,11,13-15,20,24,37H,3-5,16-19,21-22H2,1-2H3,(H,39,43)/t;2*24-/m.10/s1. The molecule has 142 heavy (non-hydrogen) atoms. The van der Waals surface area contributed by atoms with Crippen LogP contribution in [0.5, 0.6) is 0 Å². The van der Waals surface area contributed by atoms with Crippen LogP contribution in [0.4, 0.5) is 0 Å². The number of aryl methyl sites for hydroxylation is 3. The quantitative estimate of drug-likeness (QED) is 0.0276. The highest BCUT2D eigenvalue weighted by molar-refractivity contribution is 7.87. The molecule has 0 aliphatic carbocycles. The highest BCUT2D eigenvalue weighted by atomic mass is 35.5. The monoisotopic (exact) mass is 2150 g/mol. The zero-order valence-electron chi connectivity index (χ0n) is 78.8. The maximum Gasteiger partial charge on any atom is 0.286 e. The summed E-state index contributed by atoms with van der Waals surface area (Å²) in [5, 5.41) is 32.3. The molecule has 6 aliphatic rings. The molecule has 40 heteroatoms. The minimum Gasteiger partial charge on any atom is -0.393 e. The number of hydrazine groups is 3. The number of aliphatic hydroxyl groups excluding tert-OH is 1. The molecule has 6 fully saturated rings. The van der Waals surface area contributed by atoms with Crippen LogP contribution in [0.25, 0.3) is 48.8 Å². The fourth-order valence-corrected chi connectivity index (χ4v) is 25.3. The highest BCUT2D eigenvalue weighted by Gasteiger charge is 2.38. The number of carbonyl (C=O) groups is 3. The highest BCUT2D eigenvalue weighted by Crippen LogP contribution is 2.42. The summed E-state index contributed by atoms with van der Waals surface area (Å²) in [7, 11) is -11.6. The van der Waals surface area contributed by atoms with Crippen molar-refractivity contribution in [2.75, 3.05) is 78.5 Å². The lowest BCUT2D eigenvalue weighted by Crippen LogP contribution is -2.46. The second kappa shape index (κ2) is 47.7. The Kier molecular flexibility index (Phi) is 35.3. The van der Waals surface area contributed by atoms with Crippen LogP contribution >= 0.6 is 104 Å². The molecule has 12 aromatic rings. The predicted molar refractivity (Wildman–Crippen MR) is 566 cm³/mol. The third kappa shape index (κ3) is 26.8. The Morgan fingerprint density at radius 3 is 0.901 bits per heavy atom. The first-order valence-electron chi connectivity index (χ1n) is 47.1. The Morgan fingerprint density at radius 1 is 0.359 bits per heavy atom. The lowest BCUT2D eigenvalue weighted by atomic mass is 10.1. The molecular formula is C102H108Cl6N18O10S6. The molecule has 6 aliphatic heterocycles. The van der Waals surface area contributed by atoms with Crippen LogP contribution in [0.2, 0.25) is 30.1 Å². The van der Waals surface area contributed by atoms with Crippen molar-refractivity contribution in [2.45, 2.75) is 144 Å². The van der Waals surface area contributed by atoms with Crippen LogP contribution in [0.3, 0.4) is 0 Å². The van der Waals surface area contributed by atoms with Crippen molar-refractivity contribution in [3.63, 3.8) is 0 Å². The second-order valence-electron chi connectivity index (χ2n) is 36.0. The third-order valence-corrected chi connectivity index (χ3v) is 34.3. The molecule has 0 unspecified atom stereocenters. The van der Waals surface area contributed by atoms with E-state index >= 15 is 0 Å². The van der Waals surface area contributed by atoms with Crippen molar-refractivity contribution in [1.29, 1.82) is 0 Å². The molecule has 0 bridgehead atoms. The minimum atomic E-state index is -3.95. The average Bonchev–Trinajstić information content (AvgIpc) is 1.61. The largest absolute Gasteiger partial charge is 0.393 e. The molecule has 28 nitrogen and oxygen atoms in total. The number of hydrogen-bond acceptors (Lipinski definition) is 19. The van der Waals surface area contributed by atoms with E-state index in [2.05, 4.69) is 66.0 Å². The molecular weight excluding hydrogens is 2040 g/mol. The Morgan fingerprint density at radius 2 is 0.634 bits per heavy atom. The van der Waals surface area contributed by atoms with E-state index in [1.54, 1.807) is 68.6 Å². The zero-order valence-corrected chi connectivity index (χ0v) is 88.3. The number of rotatable bonds is 24. The minimum absolute atomic E-state index is 0.0686. The molecule has 6 aromatic heterocycles. The van der Waals surface area contributed by atoms with Gasteiger partial charge in [-0.05, 0) is 224 Å². The Bertz CT molecular complexity index is 6890. The average molecular weight is 2150 g/mol. The summed E-state index contributed by atoms with van der Waals surface area (Å²) >= 11 is 43.1. The third-order valence-electron chi connectivity index (χ3n) is 25.0. The van der Waals surface area contributed by atoms with Crippen molar-refractivity contribution in [2.24, 2.45) is 11.8 Å². The number of nitrogens with one attached hydrogen (secondary N) is 6. The first-order valence-corrected chi connectivity index (χ1v) is 56.1. The predicted octanol–water partition coefficient (Wildman–Crippen LogP) is 18.4. The second-order valence-corrected chi connectivity index (χ2v) is 47.0. The number of amides is 3. The van der Waals surface area contributed by atoms with Gasteiger partial charge in [0.05, 0.1) is 84.6 Å². The Hall–Kier alpha value is -9.67. The van der Waals surface area contributed by atoms with Crippen LogP contribution < -0.4 is 30.4 Å². The number of aliphatic hydroxyl groups is 1. The van der Waals surface area contributed by atoms with Crippen molar-refractivity contribution in [3.8, 4) is 84.3 Å². The van der Waals surface area contributed by atoms with Gasteiger partial charge in [-0.2, -0.15) is 67.6 Å². The van der Waals surface area contributed by atoms with Gasteiger partial charge < -0.3 is 5.11 Å². The molecule has 18 rings (SSSR count). The van der Waals surface area contributed by atoms with Gasteiger partial charge in [0.15, 0.2) is 17.1 Å². The lowest BCUT2D eigenvalue weighted by molar-refractivity contribution is 0.0736. The number of piperidine rings is 4. The van der Waals surface area contributed by atoms with E-state index in [1.807, 2.05) is 159 Å². The van der Waals surface area contributed by atoms with Gasteiger partial charge in [-0.25, -0.2) is 29.1 Å². The van der Waals surface area contributed by atoms with Gasteiger partial charge in [0.2, 0.25) is 0 Å².